The first kappa shape index (κ1) is 23.0. The van der Waals surface area contributed by atoms with Crippen molar-refractivity contribution in [2.75, 3.05) is 9.80 Å². The quantitative estimate of drug-likeness (QED) is 0.231. The molecule has 0 aliphatic heterocycles. The van der Waals surface area contributed by atoms with Crippen molar-refractivity contribution in [3.05, 3.63) is 143 Å². The van der Waals surface area contributed by atoms with Crippen molar-refractivity contribution in [2.24, 2.45) is 0 Å². The molecule has 172 valence electrons. The molecular formula is C31H24Cl2N2. The molecule has 0 heterocycles. The first-order chi connectivity index (χ1) is 17.1. The number of hydrogen-bond donors (Lipinski definition) is 0. The molecule has 0 fully saturated rings. The maximum absolute atomic E-state index is 6.77. The van der Waals surface area contributed by atoms with E-state index in [4.69, 9.17) is 23.2 Å². The van der Waals surface area contributed by atoms with Crippen molar-refractivity contribution in [2.45, 2.75) is 6.92 Å². The molecule has 0 unspecified atom stereocenters. The van der Waals surface area contributed by atoms with Gasteiger partial charge in [0.1, 0.15) is 0 Å². The molecule has 5 aromatic carbocycles. The molecule has 0 bridgehead atoms. The lowest BCUT2D eigenvalue weighted by atomic mass is 10.1. The lowest BCUT2D eigenvalue weighted by Gasteiger charge is -2.30. The van der Waals surface area contributed by atoms with Crippen molar-refractivity contribution >= 4 is 57.3 Å². The molecular weight excluding hydrogens is 471 g/mol. The number of rotatable bonds is 6. The van der Waals surface area contributed by atoms with Gasteiger partial charge in [-0.25, -0.2) is 0 Å². The van der Waals surface area contributed by atoms with Gasteiger partial charge in [-0.05, 0) is 79.2 Å². The fraction of sp³-hybridized carbons (Fsp3) is 0.0323. The van der Waals surface area contributed by atoms with E-state index in [0.29, 0.717) is 10.0 Å². The molecule has 0 amide bonds. The van der Waals surface area contributed by atoms with Gasteiger partial charge in [0.05, 0.1) is 15.7 Å². The van der Waals surface area contributed by atoms with Crippen LogP contribution >= 0.6 is 23.2 Å². The zero-order chi connectivity index (χ0) is 24.2. The first-order valence-corrected chi connectivity index (χ1v) is 12.2. The van der Waals surface area contributed by atoms with E-state index in [1.54, 1.807) is 0 Å². The van der Waals surface area contributed by atoms with Crippen LogP contribution in [0, 0.1) is 6.92 Å². The van der Waals surface area contributed by atoms with E-state index in [0.717, 1.165) is 39.7 Å². The fourth-order valence-electron chi connectivity index (χ4n) is 4.25. The van der Waals surface area contributed by atoms with Crippen molar-refractivity contribution in [3.8, 4) is 0 Å². The highest BCUT2D eigenvalue weighted by Crippen LogP contribution is 2.44. The molecule has 0 saturated heterocycles. The Labute approximate surface area is 216 Å². The standard InChI is InChI=1S/C31H24Cl2N2/c1-23-20-29(32)31(33)30(21-23)35(26-16-9-4-10-17-26)28-19-11-18-27(22-28)34(24-12-5-2-6-13-24)25-14-7-3-8-15-25/h2-22H,1H3. The molecule has 0 aliphatic carbocycles. The summed E-state index contributed by atoms with van der Waals surface area (Å²) >= 11 is 13.3. The van der Waals surface area contributed by atoms with E-state index in [1.807, 2.05) is 43.3 Å². The highest BCUT2D eigenvalue weighted by Gasteiger charge is 2.20. The Bertz CT molecular complexity index is 1380. The van der Waals surface area contributed by atoms with Gasteiger partial charge in [-0.1, -0.05) is 83.9 Å². The Balaban J connectivity index is 1.70. The minimum atomic E-state index is 0.523. The minimum Gasteiger partial charge on any atom is -0.310 e. The van der Waals surface area contributed by atoms with Gasteiger partial charge in [-0.2, -0.15) is 0 Å². The molecule has 5 rings (SSSR count). The molecule has 0 spiro atoms. The maximum Gasteiger partial charge on any atom is 0.0832 e. The van der Waals surface area contributed by atoms with Gasteiger partial charge < -0.3 is 9.80 Å². The summed E-state index contributed by atoms with van der Waals surface area (Å²) in [6.07, 6.45) is 0. The van der Waals surface area contributed by atoms with Crippen LogP contribution in [0.1, 0.15) is 5.56 Å². The van der Waals surface area contributed by atoms with Crippen LogP contribution in [-0.4, -0.2) is 0 Å². The Kier molecular flexibility index (Phi) is 6.76. The Morgan fingerprint density at radius 3 is 1.40 bits per heavy atom. The monoisotopic (exact) mass is 494 g/mol. The molecule has 5 aromatic rings. The number of hydrogen-bond acceptors (Lipinski definition) is 2. The van der Waals surface area contributed by atoms with Crippen molar-refractivity contribution in [3.63, 3.8) is 0 Å². The van der Waals surface area contributed by atoms with Gasteiger partial charge in [0.15, 0.2) is 0 Å². The second-order valence-electron chi connectivity index (χ2n) is 8.28. The number of anilines is 6. The van der Waals surface area contributed by atoms with Gasteiger partial charge in [-0.15, -0.1) is 0 Å². The summed E-state index contributed by atoms with van der Waals surface area (Å²) in [6.45, 7) is 2.03. The van der Waals surface area contributed by atoms with Crippen LogP contribution in [0.25, 0.3) is 0 Å². The first-order valence-electron chi connectivity index (χ1n) is 11.4. The Morgan fingerprint density at radius 1 is 0.457 bits per heavy atom. The SMILES string of the molecule is Cc1cc(Cl)c(Cl)c(N(c2ccccc2)c2cccc(N(c3ccccc3)c3ccccc3)c2)c1. The number of para-hydroxylation sites is 3. The number of aryl methyl sites for hydroxylation is 1. The van der Waals surface area contributed by atoms with Crippen LogP contribution in [0.5, 0.6) is 0 Å². The third-order valence-corrected chi connectivity index (χ3v) is 6.58. The van der Waals surface area contributed by atoms with Crippen molar-refractivity contribution in [1.29, 1.82) is 0 Å². The largest absolute Gasteiger partial charge is 0.310 e. The number of benzene rings is 5. The Hall–Kier alpha value is -3.72. The van der Waals surface area contributed by atoms with E-state index in [2.05, 4.69) is 101 Å². The molecule has 0 saturated carbocycles. The minimum absolute atomic E-state index is 0.523. The molecule has 35 heavy (non-hydrogen) atoms. The van der Waals surface area contributed by atoms with Crippen molar-refractivity contribution in [1.82, 2.24) is 0 Å². The molecule has 0 aliphatic rings. The van der Waals surface area contributed by atoms with Crippen LogP contribution in [0.2, 0.25) is 10.0 Å². The van der Waals surface area contributed by atoms with E-state index in [1.165, 1.54) is 0 Å². The van der Waals surface area contributed by atoms with E-state index < -0.39 is 0 Å². The molecule has 0 aromatic heterocycles. The van der Waals surface area contributed by atoms with Crippen LogP contribution < -0.4 is 9.80 Å². The summed E-state index contributed by atoms with van der Waals surface area (Å²) in [5.41, 5.74) is 7.06. The summed E-state index contributed by atoms with van der Waals surface area (Å²) in [5.74, 6) is 0. The molecule has 4 heteroatoms. The van der Waals surface area contributed by atoms with Gasteiger partial charge in [-0.3, -0.25) is 0 Å². The summed E-state index contributed by atoms with van der Waals surface area (Å²) in [4.78, 5) is 4.40. The molecule has 0 atom stereocenters. The van der Waals surface area contributed by atoms with E-state index in [-0.39, 0.29) is 0 Å². The molecule has 0 N–H and O–H groups in total. The summed E-state index contributed by atoms with van der Waals surface area (Å²) in [7, 11) is 0. The highest BCUT2D eigenvalue weighted by atomic mass is 35.5. The molecule has 0 radical (unpaired) electrons. The van der Waals surface area contributed by atoms with Crippen LogP contribution in [0.4, 0.5) is 34.1 Å². The number of halogens is 2. The average molecular weight is 495 g/mol. The summed E-state index contributed by atoms with van der Waals surface area (Å²) < 4.78 is 0. The molecule has 2 nitrogen and oxygen atoms in total. The van der Waals surface area contributed by atoms with Crippen LogP contribution in [0.15, 0.2) is 127 Å². The van der Waals surface area contributed by atoms with Gasteiger partial charge in [0.2, 0.25) is 0 Å². The van der Waals surface area contributed by atoms with E-state index in [9.17, 15) is 0 Å². The highest BCUT2D eigenvalue weighted by molar-refractivity contribution is 6.44. The topological polar surface area (TPSA) is 6.48 Å². The maximum atomic E-state index is 6.77. The van der Waals surface area contributed by atoms with Crippen LogP contribution in [-0.2, 0) is 0 Å². The second kappa shape index (κ2) is 10.3. The predicted octanol–water partition coefficient (Wildman–Crippen LogP) is 10.2. The van der Waals surface area contributed by atoms with Gasteiger partial charge in [0.25, 0.3) is 0 Å². The van der Waals surface area contributed by atoms with Gasteiger partial charge >= 0.3 is 0 Å². The van der Waals surface area contributed by atoms with E-state index >= 15 is 0 Å². The number of nitrogens with zero attached hydrogens (tertiary/aromatic N) is 2. The average Bonchev–Trinajstić information content (AvgIpc) is 2.89. The normalized spacial score (nSPS) is 10.7. The van der Waals surface area contributed by atoms with Gasteiger partial charge in [0, 0.05) is 28.4 Å². The summed E-state index contributed by atoms with van der Waals surface area (Å²) in [5, 5.41) is 1.06. The van der Waals surface area contributed by atoms with Crippen molar-refractivity contribution < 1.29 is 0 Å². The smallest absolute Gasteiger partial charge is 0.0832 e. The predicted molar refractivity (Wildman–Crippen MR) is 151 cm³/mol. The lowest BCUT2D eigenvalue weighted by molar-refractivity contribution is 1.24. The van der Waals surface area contributed by atoms with Crippen LogP contribution in [0.3, 0.4) is 0 Å². The third-order valence-electron chi connectivity index (χ3n) is 5.78. The zero-order valence-electron chi connectivity index (χ0n) is 19.3. The Morgan fingerprint density at radius 2 is 0.886 bits per heavy atom. The lowest BCUT2D eigenvalue weighted by Crippen LogP contribution is -2.13. The zero-order valence-corrected chi connectivity index (χ0v) is 20.8. The summed E-state index contributed by atoms with van der Waals surface area (Å²) in [6, 6.07) is 43.4. The second-order valence-corrected chi connectivity index (χ2v) is 9.06. The fourth-order valence-corrected chi connectivity index (χ4v) is 4.71. The third kappa shape index (κ3) is 4.90.